The molecular formula is C12H15N3S. The smallest absolute Gasteiger partial charge is 0.175 e. The van der Waals surface area contributed by atoms with Gasteiger partial charge in [-0.3, -0.25) is 0 Å². The minimum Gasteiger partial charge on any atom is -0.331 e. The second-order valence-electron chi connectivity index (χ2n) is 4.41. The molecule has 2 aromatic rings. The van der Waals surface area contributed by atoms with Crippen molar-refractivity contribution in [2.45, 2.75) is 18.8 Å². The van der Waals surface area contributed by atoms with Crippen LogP contribution >= 0.6 is 12.2 Å². The van der Waals surface area contributed by atoms with Crippen molar-refractivity contribution in [3.63, 3.8) is 0 Å². The first-order valence-electron chi connectivity index (χ1n) is 5.75. The highest BCUT2D eigenvalue weighted by Gasteiger charge is 2.15. The predicted molar refractivity (Wildman–Crippen MR) is 68.3 cm³/mol. The van der Waals surface area contributed by atoms with E-state index in [1.807, 2.05) is 0 Å². The maximum Gasteiger partial charge on any atom is 0.175 e. The van der Waals surface area contributed by atoms with Gasteiger partial charge in [-0.2, -0.15) is 0 Å². The number of aromatic amines is 2. The van der Waals surface area contributed by atoms with Crippen LogP contribution in [0.25, 0.3) is 11.0 Å². The highest BCUT2D eigenvalue weighted by atomic mass is 32.1. The maximum atomic E-state index is 5.09. The lowest BCUT2D eigenvalue weighted by Crippen LogP contribution is -2.26. The molecule has 84 valence electrons. The molecule has 3 N–H and O–H groups in total. The summed E-state index contributed by atoms with van der Waals surface area (Å²) in [5.41, 5.74) is 3.66. The van der Waals surface area contributed by atoms with E-state index in [-0.39, 0.29) is 0 Å². The number of H-pyrrole nitrogens is 2. The standard InChI is InChI=1S/C12H15N3S/c16-12-14-10-2-1-9(7-11(10)15-12)8-3-5-13-6-4-8/h1-2,7-8,13H,3-6H2,(H2,14,15,16). The van der Waals surface area contributed by atoms with Crippen molar-refractivity contribution in [1.29, 1.82) is 0 Å². The van der Waals surface area contributed by atoms with Crippen molar-refractivity contribution in [1.82, 2.24) is 15.3 Å². The first-order valence-corrected chi connectivity index (χ1v) is 6.16. The lowest BCUT2D eigenvalue weighted by Gasteiger charge is -2.22. The van der Waals surface area contributed by atoms with E-state index in [9.17, 15) is 0 Å². The number of aromatic nitrogens is 2. The monoisotopic (exact) mass is 233 g/mol. The van der Waals surface area contributed by atoms with Crippen LogP contribution in [0, 0.1) is 4.77 Å². The van der Waals surface area contributed by atoms with E-state index in [2.05, 4.69) is 33.5 Å². The molecule has 16 heavy (non-hydrogen) atoms. The molecule has 1 saturated heterocycles. The fraction of sp³-hybridized carbons (Fsp3) is 0.417. The molecule has 1 aromatic carbocycles. The molecule has 0 amide bonds. The van der Waals surface area contributed by atoms with E-state index in [1.54, 1.807) is 0 Å². The second kappa shape index (κ2) is 4.03. The largest absolute Gasteiger partial charge is 0.331 e. The van der Waals surface area contributed by atoms with E-state index in [4.69, 9.17) is 12.2 Å². The third kappa shape index (κ3) is 1.79. The maximum absolute atomic E-state index is 5.09. The first kappa shape index (κ1) is 10.1. The highest BCUT2D eigenvalue weighted by Crippen LogP contribution is 2.26. The van der Waals surface area contributed by atoms with E-state index in [1.165, 1.54) is 18.4 Å². The van der Waals surface area contributed by atoms with Crippen molar-refractivity contribution < 1.29 is 0 Å². The molecule has 0 radical (unpaired) electrons. The van der Waals surface area contributed by atoms with E-state index < -0.39 is 0 Å². The molecule has 0 bridgehead atoms. The number of fused-ring (bicyclic) bond motifs is 1. The van der Waals surface area contributed by atoms with Crippen molar-refractivity contribution in [2.75, 3.05) is 13.1 Å². The molecule has 0 unspecified atom stereocenters. The zero-order valence-electron chi connectivity index (χ0n) is 9.05. The van der Waals surface area contributed by atoms with Gasteiger partial charge in [0.05, 0.1) is 11.0 Å². The van der Waals surface area contributed by atoms with Gasteiger partial charge in [0.2, 0.25) is 0 Å². The fourth-order valence-electron chi connectivity index (χ4n) is 2.46. The summed E-state index contributed by atoms with van der Waals surface area (Å²) in [5, 5.41) is 3.40. The molecule has 1 aliphatic heterocycles. The van der Waals surface area contributed by atoms with E-state index >= 15 is 0 Å². The lowest BCUT2D eigenvalue weighted by atomic mass is 9.90. The third-order valence-corrected chi connectivity index (χ3v) is 3.55. The van der Waals surface area contributed by atoms with Gasteiger partial charge in [-0.1, -0.05) is 6.07 Å². The number of benzene rings is 1. The van der Waals surface area contributed by atoms with Crippen LogP contribution in [0.2, 0.25) is 0 Å². The van der Waals surface area contributed by atoms with Crippen LogP contribution in [0.4, 0.5) is 0 Å². The minimum absolute atomic E-state index is 0.697. The molecule has 4 heteroatoms. The van der Waals surface area contributed by atoms with Crippen LogP contribution in [0.5, 0.6) is 0 Å². The van der Waals surface area contributed by atoms with Gasteiger partial charge in [-0.15, -0.1) is 0 Å². The number of rotatable bonds is 1. The Morgan fingerprint density at radius 2 is 1.81 bits per heavy atom. The molecule has 3 rings (SSSR count). The van der Waals surface area contributed by atoms with Gasteiger partial charge in [-0.25, -0.2) is 0 Å². The zero-order valence-corrected chi connectivity index (χ0v) is 9.86. The molecule has 3 nitrogen and oxygen atoms in total. The van der Waals surface area contributed by atoms with Gasteiger partial charge in [0.25, 0.3) is 0 Å². The summed E-state index contributed by atoms with van der Waals surface area (Å²) in [6.07, 6.45) is 2.47. The SMILES string of the molecule is S=c1[nH]c2ccc(C3CCNCC3)cc2[nH]1. The van der Waals surface area contributed by atoms with Crippen LogP contribution in [-0.2, 0) is 0 Å². The molecule has 0 atom stereocenters. The zero-order chi connectivity index (χ0) is 11.0. The quantitative estimate of drug-likeness (QED) is 0.663. The Hall–Kier alpha value is -1.13. The molecule has 0 spiro atoms. The minimum atomic E-state index is 0.697. The Kier molecular flexibility index (Phi) is 2.53. The van der Waals surface area contributed by atoms with Crippen LogP contribution in [-0.4, -0.2) is 23.1 Å². The summed E-state index contributed by atoms with van der Waals surface area (Å²) >= 11 is 5.09. The van der Waals surface area contributed by atoms with Gasteiger partial charge in [0, 0.05) is 0 Å². The molecular weight excluding hydrogens is 218 g/mol. The van der Waals surface area contributed by atoms with Gasteiger partial charge < -0.3 is 15.3 Å². The molecule has 1 fully saturated rings. The molecule has 0 aliphatic carbocycles. The van der Waals surface area contributed by atoms with Gasteiger partial charge in [0.1, 0.15) is 0 Å². The number of imidazole rings is 1. The Bertz CT molecular complexity index is 549. The summed E-state index contributed by atoms with van der Waals surface area (Å²) in [6.45, 7) is 2.26. The van der Waals surface area contributed by atoms with E-state index in [0.717, 1.165) is 24.1 Å². The molecule has 2 heterocycles. The number of piperidine rings is 1. The average molecular weight is 233 g/mol. The Morgan fingerprint density at radius 3 is 2.62 bits per heavy atom. The van der Waals surface area contributed by atoms with Crippen LogP contribution in [0.1, 0.15) is 24.3 Å². The summed E-state index contributed by atoms with van der Waals surface area (Å²) in [5.74, 6) is 0.697. The molecule has 1 aliphatic rings. The van der Waals surface area contributed by atoms with E-state index in [0.29, 0.717) is 10.7 Å². The lowest BCUT2D eigenvalue weighted by molar-refractivity contribution is 0.460. The molecule has 0 saturated carbocycles. The van der Waals surface area contributed by atoms with Crippen molar-refractivity contribution in [3.05, 3.63) is 28.5 Å². The summed E-state index contributed by atoms with van der Waals surface area (Å²) in [6, 6.07) is 6.58. The van der Waals surface area contributed by atoms with Crippen LogP contribution in [0.3, 0.4) is 0 Å². The first-order chi connectivity index (χ1) is 7.83. The number of nitrogens with one attached hydrogen (secondary N) is 3. The normalized spacial score (nSPS) is 18.0. The van der Waals surface area contributed by atoms with Crippen molar-refractivity contribution in [2.24, 2.45) is 0 Å². The molecule has 1 aromatic heterocycles. The Labute approximate surface area is 99.3 Å². The number of hydrogen-bond donors (Lipinski definition) is 3. The number of hydrogen-bond acceptors (Lipinski definition) is 2. The topological polar surface area (TPSA) is 43.6 Å². The second-order valence-corrected chi connectivity index (χ2v) is 4.82. The highest BCUT2D eigenvalue weighted by molar-refractivity contribution is 7.71. The third-order valence-electron chi connectivity index (χ3n) is 3.35. The van der Waals surface area contributed by atoms with Gasteiger partial charge >= 0.3 is 0 Å². The summed E-state index contributed by atoms with van der Waals surface area (Å²) in [4.78, 5) is 6.32. The predicted octanol–water partition coefficient (Wildman–Crippen LogP) is 2.69. The van der Waals surface area contributed by atoms with Gasteiger partial charge in [0.15, 0.2) is 4.77 Å². The van der Waals surface area contributed by atoms with Crippen molar-refractivity contribution >= 4 is 23.3 Å². The van der Waals surface area contributed by atoms with Gasteiger partial charge in [-0.05, 0) is 61.8 Å². The van der Waals surface area contributed by atoms with Crippen LogP contribution < -0.4 is 5.32 Å². The summed E-state index contributed by atoms with van der Waals surface area (Å²) in [7, 11) is 0. The summed E-state index contributed by atoms with van der Waals surface area (Å²) < 4.78 is 0.706. The van der Waals surface area contributed by atoms with Crippen molar-refractivity contribution in [3.8, 4) is 0 Å². The Morgan fingerprint density at radius 1 is 1.06 bits per heavy atom. The van der Waals surface area contributed by atoms with Crippen LogP contribution in [0.15, 0.2) is 18.2 Å². The Balaban J connectivity index is 2.00. The average Bonchev–Trinajstić information content (AvgIpc) is 2.69. The fourth-order valence-corrected chi connectivity index (χ4v) is 2.68.